The summed E-state index contributed by atoms with van der Waals surface area (Å²) in [5.41, 5.74) is 5.96. The molecule has 5 nitrogen and oxygen atoms in total. The molecule has 0 amide bonds. The molecule has 0 fully saturated rings. The van der Waals surface area contributed by atoms with E-state index in [0.717, 1.165) is 34.3 Å². The summed E-state index contributed by atoms with van der Waals surface area (Å²) < 4.78 is 24.2. The van der Waals surface area contributed by atoms with Gasteiger partial charge in [-0.3, -0.25) is 0 Å². The van der Waals surface area contributed by atoms with Gasteiger partial charge < -0.3 is 18.9 Å². The molecule has 0 aliphatic heterocycles. The number of ether oxygens (including phenoxy) is 4. The minimum atomic E-state index is -1.38. The molecule has 0 saturated heterocycles. The first kappa shape index (κ1) is 22.9. The number of benzene rings is 2. The van der Waals surface area contributed by atoms with Gasteiger partial charge in [-0.05, 0) is 53.2 Å². The quantitative estimate of drug-likeness (QED) is 0.357. The topological polar surface area (TPSA) is 54.0 Å². The predicted molar refractivity (Wildman–Crippen MR) is 127 cm³/mol. The summed E-state index contributed by atoms with van der Waals surface area (Å²) >= 11 is 0. The highest BCUT2D eigenvalue weighted by molar-refractivity contribution is 5.83. The van der Waals surface area contributed by atoms with Gasteiger partial charge in [0.05, 0.1) is 14.2 Å². The van der Waals surface area contributed by atoms with Crippen LogP contribution < -0.4 is 0 Å². The van der Waals surface area contributed by atoms with Gasteiger partial charge in [-0.15, -0.1) is 0 Å². The molecule has 2 aromatic rings. The molecule has 0 saturated carbocycles. The minimum absolute atomic E-state index is 0.408. The maximum absolute atomic E-state index is 12.8. The Morgan fingerprint density at radius 3 is 2.45 bits per heavy atom. The Bertz CT molecular complexity index is 1170. The van der Waals surface area contributed by atoms with E-state index in [0.29, 0.717) is 17.9 Å². The Morgan fingerprint density at radius 2 is 1.82 bits per heavy atom. The van der Waals surface area contributed by atoms with Crippen LogP contribution in [0.3, 0.4) is 0 Å². The van der Waals surface area contributed by atoms with Gasteiger partial charge in [0.15, 0.2) is 11.5 Å². The third kappa shape index (κ3) is 3.30. The van der Waals surface area contributed by atoms with Crippen LogP contribution in [0.4, 0.5) is 0 Å². The molecule has 4 rings (SSSR count). The Balaban J connectivity index is 2.09. The van der Waals surface area contributed by atoms with Crippen molar-refractivity contribution in [1.29, 1.82) is 0 Å². The Hall–Kier alpha value is -3.31. The van der Waals surface area contributed by atoms with Crippen LogP contribution in [0.5, 0.6) is 0 Å². The predicted octanol–water partition coefficient (Wildman–Crippen LogP) is 5.44. The number of fused-ring (bicyclic) bond motifs is 3. The van der Waals surface area contributed by atoms with Crippen LogP contribution in [0.2, 0.25) is 0 Å². The molecule has 0 bridgehead atoms. The van der Waals surface area contributed by atoms with Crippen molar-refractivity contribution >= 4 is 5.97 Å². The fraction of sp³-hybridized carbons (Fsp3) is 0.321. The summed E-state index contributed by atoms with van der Waals surface area (Å²) in [4.78, 5) is 12.8. The average Bonchev–Trinajstić information content (AvgIpc) is 3.22. The van der Waals surface area contributed by atoms with Crippen LogP contribution in [0.1, 0.15) is 37.0 Å². The number of esters is 1. The van der Waals surface area contributed by atoms with Crippen molar-refractivity contribution in [3.05, 3.63) is 94.5 Å². The van der Waals surface area contributed by atoms with Gasteiger partial charge in [-0.2, -0.15) is 0 Å². The molecule has 172 valence electrons. The van der Waals surface area contributed by atoms with E-state index in [-0.39, 0.29) is 0 Å². The lowest BCUT2D eigenvalue weighted by Crippen LogP contribution is -2.51. The van der Waals surface area contributed by atoms with Crippen LogP contribution in [-0.4, -0.2) is 33.4 Å². The van der Waals surface area contributed by atoms with Crippen molar-refractivity contribution in [1.82, 2.24) is 0 Å². The second-order valence-electron chi connectivity index (χ2n) is 8.21. The van der Waals surface area contributed by atoms with Gasteiger partial charge in [0.25, 0.3) is 0 Å². The van der Waals surface area contributed by atoms with E-state index in [1.807, 2.05) is 31.2 Å². The molecule has 0 aromatic heterocycles. The summed E-state index contributed by atoms with van der Waals surface area (Å²) in [6.07, 6.45) is 1.98. The molecule has 0 heterocycles. The fourth-order valence-electron chi connectivity index (χ4n) is 5.42. The highest BCUT2D eigenvalue weighted by Gasteiger charge is 2.56. The van der Waals surface area contributed by atoms with Crippen molar-refractivity contribution in [2.24, 2.45) is 0 Å². The highest BCUT2D eigenvalue weighted by Crippen LogP contribution is 2.52. The van der Waals surface area contributed by atoms with Crippen molar-refractivity contribution in [3.63, 3.8) is 0 Å². The molecule has 33 heavy (non-hydrogen) atoms. The second kappa shape index (κ2) is 8.91. The molecule has 0 spiro atoms. The molecule has 2 atom stereocenters. The Labute approximate surface area is 195 Å². The molecule has 2 aliphatic rings. The molecule has 2 unspecified atom stereocenters. The Morgan fingerprint density at radius 1 is 1.09 bits per heavy atom. The van der Waals surface area contributed by atoms with Gasteiger partial charge in [0, 0.05) is 18.7 Å². The van der Waals surface area contributed by atoms with Crippen LogP contribution >= 0.6 is 0 Å². The summed E-state index contributed by atoms with van der Waals surface area (Å²) in [5, 5.41) is 0. The van der Waals surface area contributed by atoms with Crippen LogP contribution in [0.15, 0.2) is 77.8 Å². The number of hydrogen-bond acceptors (Lipinski definition) is 5. The largest absolute Gasteiger partial charge is 0.493 e. The number of allylic oxidation sites excluding steroid dienone is 1. The van der Waals surface area contributed by atoms with Crippen LogP contribution in [0, 0.1) is 0 Å². The maximum atomic E-state index is 12.8. The van der Waals surface area contributed by atoms with E-state index in [1.54, 1.807) is 21.3 Å². The van der Waals surface area contributed by atoms with Crippen LogP contribution in [-0.2, 0) is 35.8 Å². The normalized spacial score (nSPS) is 21.4. The lowest BCUT2D eigenvalue weighted by atomic mass is 9.73. The first-order valence-corrected chi connectivity index (χ1v) is 11.1. The molecular formula is C28H30O5. The summed E-state index contributed by atoms with van der Waals surface area (Å²) in [6, 6.07) is 14.4. The van der Waals surface area contributed by atoms with E-state index in [2.05, 4.69) is 31.7 Å². The van der Waals surface area contributed by atoms with Gasteiger partial charge in [0.1, 0.15) is 6.10 Å². The third-order valence-corrected chi connectivity index (χ3v) is 6.76. The van der Waals surface area contributed by atoms with Gasteiger partial charge >= 0.3 is 5.97 Å². The lowest BCUT2D eigenvalue weighted by molar-refractivity contribution is -0.170. The van der Waals surface area contributed by atoms with E-state index in [4.69, 9.17) is 18.9 Å². The molecule has 5 heteroatoms. The number of carbonyl (C=O) groups excluding carboxylic acids is 1. The van der Waals surface area contributed by atoms with Gasteiger partial charge in [-0.1, -0.05) is 56.0 Å². The minimum Gasteiger partial charge on any atom is -0.493 e. The first-order chi connectivity index (χ1) is 16.0. The number of methoxy groups -OCH3 is 3. The van der Waals surface area contributed by atoms with Gasteiger partial charge in [-0.25, -0.2) is 4.79 Å². The first-order valence-electron chi connectivity index (χ1n) is 11.1. The molecule has 2 aromatic carbocycles. The third-order valence-electron chi connectivity index (χ3n) is 6.76. The number of carbonyl (C=O) groups is 1. The zero-order chi connectivity index (χ0) is 23.8. The second-order valence-corrected chi connectivity index (χ2v) is 8.21. The van der Waals surface area contributed by atoms with E-state index in [1.165, 1.54) is 17.2 Å². The summed E-state index contributed by atoms with van der Waals surface area (Å²) in [5.74, 6) is 0.393. The summed E-state index contributed by atoms with van der Waals surface area (Å²) in [7, 11) is 4.80. The zero-order valence-corrected chi connectivity index (χ0v) is 19.9. The van der Waals surface area contributed by atoms with Crippen molar-refractivity contribution < 1.29 is 23.7 Å². The zero-order valence-electron chi connectivity index (χ0n) is 19.9. The van der Waals surface area contributed by atoms with Gasteiger partial charge in [0.2, 0.25) is 5.60 Å². The summed E-state index contributed by atoms with van der Waals surface area (Å²) in [6.45, 7) is 7.67. The van der Waals surface area contributed by atoms with Crippen LogP contribution in [0.25, 0.3) is 11.1 Å². The number of hydrogen-bond donors (Lipinski definition) is 0. The van der Waals surface area contributed by atoms with Crippen molar-refractivity contribution in [2.45, 2.75) is 38.4 Å². The maximum Gasteiger partial charge on any atom is 0.331 e. The number of rotatable bonds is 7. The smallest absolute Gasteiger partial charge is 0.331 e. The fourth-order valence-corrected chi connectivity index (χ4v) is 5.42. The monoisotopic (exact) mass is 446 g/mol. The Kier molecular flexibility index (Phi) is 6.17. The molecule has 0 radical (unpaired) electrons. The van der Waals surface area contributed by atoms with E-state index in [9.17, 15) is 4.79 Å². The average molecular weight is 447 g/mol. The standard InChI is InChI=1S/C28H30O5/c1-7-19-17(3)25(30-4)27(32-6)28(26(19)31-5,33-24(29)8-2)23-15-11-14-21-20-13-10-9-12-18(20)16-22(21)23/h8-15,26H,2,7,16H2,1,3-6H3. The molecular weight excluding hydrogens is 416 g/mol. The highest BCUT2D eigenvalue weighted by atomic mass is 16.6. The SMILES string of the molecule is C=CC(=O)OC1(c2cccc3c2Cc2ccccc2-3)C(OC)=C(OC)C(C)=C(CC)C1OC. The van der Waals surface area contributed by atoms with Crippen molar-refractivity contribution in [2.75, 3.05) is 21.3 Å². The molecule has 0 N–H and O–H groups in total. The lowest BCUT2D eigenvalue weighted by Gasteiger charge is -2.45. The molecule has 2 aliphatic carbocycles. The van der Waals surface area contributed by atoms with Crippen molar-refractivity contribution in [3.8, 4) is 11.1 Å². The van der Waals surface area contributed by atoms with E-state index >= 15 is 0 Å². The van der Waals surface area contributed by atoms with E-state index < -0.39 is 17.7 Å².